The van der Waals surface area contributed by atoms with Crippen LogP contribution < -0.4 is 15.5 Å². The van der Waals surface area contributed by atoms with Crippen LogP contribution in [0.15, 0.2) is 36.4 Å². The molecule has 0 radical (unpaired) electrons. The van der Waals surface area contributed by atoms with Gasteiger partial charge < -0.3 is 15.5 Å². The highest BCUT2D eigenvalue weighted by molar-refractivity contribution is 5.89. The first-order valence-electron chi connectivity index (χ1n) is 8.46. The minimum atomic E-state index is -0.440. The van der Waals surface area contributed by atoms with Crippen LogP contribution in [0, 0.1) is 18.7 Å². The lowest BCUT2D eigenvalue weighted by atomic mass is 9.97. The first kappa shape index (κ1) is 17.1. The number of urea groups is 1. The van der Waals surface area contributed by atoms with Crippen LogP contribution >= 0.6 is 0 Å². The number of halogens is 1. The molecule has 0 atom stereocenters. The number of nitrogens with one attached hydrogen (secondary N) is 2. The molecule has 1 aromatic carbocycles. The van der Waals surface area contributed by atoms with Crippen molar-refractivity contribution < 1.29 is 9.18 Å². The van der Waals surface area contributed by atoms with E-state index in [2.05, 4.69) is 25.7 Å². The Bertz CT molecular complexity index is 714. The second kappa shape index (κ2) is 7.92. The number of aromatic nitrogens is 2. The van der Waals surface area contributed by atoms with E-state index in [0.717, 1.165) is 37.4 Å². The fourth-order valence-corrected chi connectivity index (χ4v) is 2.89. The number of carbonyl (C=O) groups excluding carboxylic acids is 1. The van der Waals surface area contributed by atoms with Crippen LogP contribution in [-0.2, 0) is 0 Å². The minimum absolute atomic E-state index is 0.188. The summed E-state index contributed by atoms with van der Waals surface area (Å²) in [7, 11) is 0. The Hall–Kier alpha value is -2.70. The van der Waals surface area contributed by atoms with E-state index in [9.17, 15) is 9.18 Å². The zero-order valence-corrected chi connectivity index (χ0v) is 14.2. The molecule has 0 bridgehead atoms. The number of hydrogen-bond donors (Lipinski definition) is 2. The Morgan fingerprint density at radius 1 is 1.20 bits per heavy atom. The smallest absolute Gasteiger partial charge is 0.319 e. The van der Waals surface area contributed by atoms with Crippen molar-refractivity contribution in [1.82, 2.24) is 15.5 Å². The van der Waals surface area contributed by atoms with Crippen LogP contribution in [0.5, 0.6) is 0 Å². The summed E-state index contributed by atoms with van der Waals surface area (Å²) < 4.78 is 13.5. The van der Waals surface area contributed by atoms with E-state index in [1.54, 1.807) is 12.1 Å². The van der Waals surface area contributed by atoms with Gasteiger partial charge in [0.1, 0.15) is 5.82 Å². The molecular formula is C18H22FN5O. The lowest BCUT2D eigenvalue weighted by Crippen LogP contribution is -2.40. The Labute approximate surface area is 146 Å². The molecule has 25 heavy (non-hydrogen) atoms. The molecule has 1 aliphatic rings. The van der Waals surface area contributed by atoms with Gasteiger partial charge in [0.15, 0.2) is 5.82 Å². The van der Waals surface area contributed by atoms with Gasteiger partial charge in [-0.2, -0.15) is 5.10 Å². The highest BCUT2D eigenvalue weighted by Crippen LogP contribution is 2.21. The quantitative estimate of drug-likeness (QED) is 0.895. The topological polar surface area (TPSA) is 70.2 Å². The van der Waals surface area contributed by atoms with Gasteiger partial charge in [0.2, 0.25) is 0 Å². The van der Waals surface area contributed by atoms with E-state index in [4.69, 9.17) is 0 Å². The molecule has 2 aromatic rings. The van der Waals surface area contributed by atoms with Crippen LogP contribution in [0.3, 0.4) is 0 Å². The van der Waals surface area contributed by atoms with E-state index in [-0.39, 0.29) is 11.7 Å². The van der Waals surface area contributed by atoms with E-state index in [0.29, 0.717) is 12.5 Å². The van der Waals surface area contributed by atoms with Crippen LogP contribution in [0.1, 0.15) is 18.5 Å². The number of benzene rings is 1. The summed E-state index contributed by atoms with van der Waals surface area (Å²) in [6, 6.07) is 9.70. The molecule has 2 heterocycles. The van der Waals surface area contributed by atoms with Crippen molar-refractivity contribution in [2.24, 2.45) is 5.92 Å². The van der Waals surface area contributed by atoms with Gasteiger partial charge in [0, 0.05) is 19.6 Å². The summed E-state index contributed by atoms with van der Waals surface area (Å²) in [5.41, 5.74) is 1.09. The maximum atomic E-state index is 13.5. The van der Waals surface area contributed by atoms with Gasteiger partial charge in [-0.05, 0) is 49.9 Å². The Morgan fingerprint density at radius 3 is 2.64 bits per heavy atom. The Morgan fingerprint density at radius 2 is 1.96 bits per heavy atom. The predicted molar refractivity (Wildman–Crippen MR) is 95.1 cm³/mol. The number of amides is 2. The number of hydrogen-bond acceptors (Lipinski definition) is 4. The first-order valence-corrected chi connectivity index (χ1v) is 8.46. The van der Waals surface area contributed by atoms with Gasteiger partial charge in [-0.15, -0.1) is 5.10 Å². The standard InChI is InChI=1S/C18H22FN5O/c1-13-6-7-17(23-22-13)24-10-8-14(9-11-24)12-20-18(25)21-16-5-3-2-4-15(16)19/h2-7,14H,8-12H2,1H3,(H2,20,21,25). The number of piperidine rings is 1. The third kappa shape index (κ3) is 4.65. The lowest BCUT2D eigenvalue weighted by Gasteiger charge is -2.32. The van der Waals surface area contributed by atoms with Crippen molar-refractivity contribution >= 4 is 17.5 Å². The predicted octanol–water partition coefficient (Wildman–Crippen LogP) is 2.96. The molecule has 0 aliphatic carbocycles. The van der Waals surface area contributed by atoms with Gasteiger partial charge in [0.05, 0.1) is 11.4 Å². The fraction of sp³-hybridized carbons (Fsp3) is 0.389. The van der Waals surface area contributed by atoms with Gasteiger partial charge in [-0.3, -0.25) is 0 Å². The largest absolute Gasteiger partial charge is 0.355 e. The Balaban J connectivity index is 1.42. The summed E-state index contributed by atoms with van der Waals surface area (Å²) in [5.74, 6) is 0.862. The molecule has 132 valence electrons. The number of rotatable bonds is 4. The van der Waals surface area contributed by atoms with Gasteiger partial charge in [-0.25, -0.2) is 9.18 Å². The summed E-state index contributed by atoms with van der Waals surface area (Å²) in [6.07, 6.45) is 1.94. The number of aryl methyl sites for hydroxylation is 1. The third-order valence-electron chi connectivity index (χ3n) is 4.40. The lowest BCUT2D eigenvalue weighted by molar-refractivity contribution is 0.248. The van der Waals surface area contributed by atoms with Crippen molar-refractivity contribution in [3.63, 3.8) is 0 Å². The molecule has 1 fully saturated rings. The van der Waals surface area contributed by atoms with Gasteiger partial charge >= 0.3 is 6.03 Å². The molecule has 6 nitrogen and oxygen atoms in total. The summed E-state index contributed by atoms with van der Waals surface area (Å²) in [4.78, 5) is 14.1. The van der Waals surface area contributed by atoms with E-state index in [1.807, 2.05) is 19.1 Å². The van der Waals surface area contributed by atoms with Gasteiger partial charge in [0.25, 0.3) is 0 Å². The van der Waals surface area contributed by atoms with E-state index < -0.39 is 5.82 Å². The van der Waals surface area contributed by atoms with E-state index in [1.165, 1.54) is 12.1 Å². The van der Waals surface area contributed by atoms with Crippen molar-refractivity contribution in [3.8, 4) is 0 Å². The van der Waals surface area contributed by atoms with Gasteiger partial charge in [-0.1, -0.05) is 12.1 Å². The summed E-state index contributed by atoms with van der Waals surface area (Å²) in [5, 5.41) is 13.7. The normalized spacial score (nSPS) is 15.0. The molecule has 3 rings (SSSR count). The molecule has 2 amide bonds. The monoisotopic (exact) mass is 343 g/mol. The van der Waals surface area contributed by atoms with Crippen molar-refractivity contribution in [1.29, 1.82) is 0 Å². The number of para-hydroxylation sites is 1. The Kier molecular flexibility index (Phi) is 5.42. The van der Waals surface area contributed by atoms with Crippen LogP contribution in [-0.4, -0.2) is 35.9 Å². The number of nitrogens with zero attached hydrogens (tertiary/aromatic N) is 3. The summed E-state index contributed by atoms with van der Waals surface area (Å²) >= 11 is 0. The molecule has 1 aromatic heterocycles. The minimum Gasteiger partial charge on any atom is -0.355 e. The molecule has 0 saturated carbocycles. The zero-order valence-electron chi connectivity index (χ0n) is 14.2. The summed E-state index contributed by atoms with van der Waals surface area (Å²) in [6.45, 7) is 4.27. The van der Waals surface area contributed by atoms with Crippen molar-refractivity contribution in [2.75, 3.05) is 29.9 Å². The second-order valence-electron chi connectivity index (χ2n) is 6.28. The fourth-order valence-electron chi connectivity index (χ4n) is 2.89. The zero-order chi connectivity index (χ0) is 17.6. The average Bonchev–Trinajstić information content (AvgIpc) is 2.63. The molecular weight excluding hydrogens is 321 g/mol. The first-order chi connectivity index (χ1) is 12.1. The number of carbonyl (C=O) groups is 1. The maximum absolute atomic E-state index is 13.5. The molecule has 1 aliphatic heterocycles. The van der Waals surface area contributed by atoms with Crippen LogP contribution in [0.4, 0.5) is 20.7 Å². The maximum Gasteiger partial charge on any atom is 0.319 e. The molecule has 1 saturated heterocycles. The SMILES string of the molecule is Cc1ccc(N2CCC(CNC(=O)Nc3ccccc3F)CC2)nn1. The van der Waals surface area contributed by atoms with Crippen molar-refractivity contribution in [2.45, 2.75) is 19.8 Å². The van der Waals surface area contributed by atoms with Crippen LogP contribution in [0.2, 0.25) is 0 Å². The second-order valence-corrected chi connectivity index (χ2v) is 6.28. The molecule has 2 N–H and O–H groups in total. The van der Waals surface area contributed by atoms with Crippen molar-refractivity contribution in [3.05, 3.63) is 47.9 Å². The highest BCUT2D eigenvalue weighted by Gasteiger charge is 2.21. The van der Waals surface area contributed by atoms with Crippen LogP contribution in [0.25, 0.3) is 0 Å². The third-order valence-corrected chi connectivity index (χ3v) is 4.40. The number of anilines is 2. The molecule has 0 spiro atoms. The molecule has 0 unspecified atom stereocenters. The highest BCUT2D eigenvalue weighted by atomic mass is 19.1. The molecule has 7 heteroatoms. The van der Waals surface area contributed by atoms with E-state index >= 15 is 0 Å². The average molecular weight is 343 g/mol.